The maximum absolute atomic E-state index is 12.7. The van der Waals surface area contributed by atoms with Crippen LogP contribution in [0.2, 0.25) is 0 Å². The first-order chi connectivity index (χ1) is 15.9. The minimum atomic E-state index is -4.04. The van der Waals surface area contributed by atoms with Crippen LogP contribution in [-0.2, 0) is 19.6 Å². The van der Waals surface area contributed by atoms with Gasteiger partial charge in [0.2, 0.25) is 5.90 Å². The van der Waals surface area contributed by atoms with Crippen molar-refractivity contribution >= 4 is 28.1 Å². The van der Waals surface area contributed by atoms with Crippen LogP contribution in [0.3, 0.4) is 0 Å². The third-order valence-corrected chi connectivity index (χ3v) is 5.97. The van der Waals surface area contributed by atoms with E-state index in [9.17, 15) is 13.2 Å². The molecule has 0 bridgehead atoms. The molecule has 0 N–H and O–H groups in total. The zero-order valence-electron chi connectivity index (χ0n) is 18.0. The number of aryl methyl sites for hydroxylation is 1. The highest BCUT2D eigenvalue weighted by molar-refractivity contribution is 7.87. The number of esters is 1. The summed E-state index contributed by atoms with van der Waals surface area (Å²) in [5.74, 6) is -0.0849. The van der Waals surface area contributed by atoms with E-state index in [1.54, 1.807) is 49.4 Å². The van der Waals surface area contributed by atoms with E-state index < -0.39 is 16.1 Å². The standard InChI is InChI=1S/C25H21NO6S/c1-3-30-23-16-18(15-21-25(27)31-24(26-21)19-7-5-4-6-8-19)11-14-22(23)32-33(28,29)20-12-9-17(2)10-13-20/h4-16H,3H2,1-2H3. The molecule has 0 atom stereocenters. The van der Waals surface area contributed by atoms with Crippen LogP contribution >= 0.6 is 0 Å². The number of aliphatic imine (C=N–C) groups is 1. The first kappa shape index (κ1) is 22.3. The van der Waals surface area contributed by atoms with Crippen LogP contribution in [0.5, 0.6) is 11.5 Å². The Labute approximate surface area is 192 Å². The van der Waals surface area contributed by atoms with E-state index in [0.717, 1.165) is 5.56 Å². The third kappa shape index (κ3) is 5.12. The number of cyclic esters (lactones) is 1. The lowest BCUT2D eigenvalue weighted by Gasteiger charge is -2.12. The van der Waals surface area contributed by atoms with Crippen molar-refractivity contribution in [3.63, 3.8) is 0 Å². The van der Waals surface area contributed by atoms with E-state index in [0.29, 0.717) is 17.7 Å². The van der Waals surface area contributed by atoms with Crippen LogP contribution in [0.4, 0.5) is 0 Å². The summed E-state index contributed by atoms with van der Waals surface area (Å²) < 4.78 is 41.6. The molecule has 33 heavy (non-hydrogen) atoms. The first-order valence-electron chi connectivity index (χ1n) is 10.2. The summed E-state index contributed by atoms with van der Waals surface area (Å²) in [5.41, 5.74) is 2.32. The summed E-state index contributed by atoms with van der Waals surface area (Å²) in [4.78, 5) is 16.6. The van der Waals surface area contributed by atoms with Crippen LogP contribution in [0, 0.1) is 6.92 Å². The normalized spacial score (nSPS) is 14.7. The largest absolute Gasteiger partial charge is 0.490 e. The summed E-state index contributed by atoms with van der Waals surface area (Å²) in [6.45, 7) is 3.93. The number of hydrogen-bond acceptors (Lipinski definition) is 7. The monoisotopic (exact) mass is 463 g/mol. The van der Waals surface area contributed by atoms with Gasteiger partial charge in [0.25, 0.3) is 0 Å². The molecule has 8 heteroatoms. The molecule has 3 aromatic rings. The fourth-order valence-electron chi connectivity index (χ4n) is 3.09. The highest BCUT2D eigenvalue weighted by Gasteiger charge is 2.24. The average Bonchev–Trinajstić information content (AvgIpc) is 3.17. The zero-order chi connectivity index (χ0) is 23.4. The Morgan fingerprint density at radius 2 is 1.70 bits per heavy atom. The Morgan fingerprint density at radius 1 is 0.970 bits per heavy atom. The van der Waals surface area contributed by atoms with Gasteiger partial charge in [-0.05, 0) is 61.9 Å². The maximum Gasteiger partial charge on any atom is 0.363 e. The number of rotatable bonds is 7. The van der Waals surface area contributed by atoms with Gasteiger partial charge in [-0.1, -0.05) is 42.0 Å². The summed E-state index contributed by atoms with van der Waals surface area (Å²) in [5, 5.41) is 0. The van der Waals surface area contributed by atoms with Gasteiger partial charge in [-0.25, -0.2) is 9.79 Å². The van der Waals surface area contributed by atoms with Crippen molar-refractivity contribution in [1.29, 1.82) is 0 Å². The highest BCUT2D eigenvalue weighted by atomic mass is 32.2. The van der Waals surface area contributed by atoms with Crippen LogP contribution in [-0.4, -0.2) is 26.9 Å². The second-order valence-electron chi connectivity index (χ2n) is 7.19. The smallest absolute Gasteiger partial charge is 0.363 e. The minimum Gasteiger partial charge on any atom is -0.490 e. The lowest BCUT2D eigenvalue weighted by molar-refractivity contribution is -0.129. The molecule has 0 unspecified atom stereocenters. The first-order valence-corrected chi connectivity index (χ1v) is 11.6. The van der Waals surface area contributed by atoms with Crippen molar-refractivity contribution in [2.24, 2.45) is 4.99 Å². The van der Waals surface area contributed by atoms with E-state index >= 15 is 0 Å². The zero-order valence-corrected chi connectivity index (χ0v) is 18.8. The Bertz CT molecular complexity index is 1340. The van der Waals surface area contributed by atoms with Gasteiger partial charge in [-0.2, -0.15) is 8.42 Å². The second kappa shape index (κ2) is 9.30. The lowest BCUT2D eigenvalue weighted by atomic mass is 10.1. The Balaban J connectivity index is 1.63. The predicted molar refractivity (Wildman–Crippen MR) is 124 cm³/mol. The van der Waals surface area contributed by atoms with Gasteiger partial charge >= 0.3 is 16.1 Å². The van der Waals surface area contributed by atoms with Crippen molar-refractivity contribution in [2.75, 3.05) is 6.61 Å². The van der Waals surface area contributed by atoms with E-state index in [1.165, 1.54) is 18.2 Å². The summed E-state index contributed by atoms with van der Waals surface area (Å²) >= 11 is 0. The number of carbonyl (C=O) groups is 1. The quantitative estimate of drug-likeness (QED) is 0.291. The molecule has 0 amide bonds. The number of hydrogen-bond donors (Lipinski definition) is 0. The number of ether oxygens (including phenoxy) is 2. The number of nitrogens with zero attached hydrogens (tertiary/aromatic N) is 1. The summed E-state index contributed by atoms with van der Waals surface area (Å²) in [6.07, 6.45) is 1.54. The Morgan fingerprint density at radius 3 is 2.39 bits per heavy atom. The van der Waals surface area contributed by atoms with Gasteiger partial charge in [0.15, 0.2) is 17.2 Å². The minimum absolute atomic E-state index is 0.0400. The molecule has 168 valence electrons. The fraction of sp³-hybridized carbons (Fsp3) is 0.120. The Hall–Kier alpha value is -3.91. The molecule has 0 radical (unpaired) electrons. The lowest BCUT2D eigenvalue weighted by Crippen LogP contribution is -2.11. The van der Waals surface area contributed by atoms with Gasteiger partial charge < -0.3 is 13.7 Å². The molecule has 1 aliphatic rings. The van der Waals surface area contributed by atoms with Crippen LogP contribution in [0.15, 0.2) is 88.4 Å². The van der Waals surface area contributed by atoms with Crippen LogP contribution in [0.1, 0.15) is 23.6 Å². The van der Waals surface area contributed by atoms with Crippen molar-refractivity contribution < 1.29 is 26.9 Å². The molecule has 0 aliphatic carbocycles. The molecule has 0 spiro atoms. The van der Waals surface area contributed by atoms with Gasteiger partial charge in [-0.3, -0.25) is 0 Å². The number of carbonyl (C=O) groups excluding carboxylic acids is 1. The second-order valence-corrected chi connectivity index (χ2v) is 8.74. The van der Waals surface area contributed by atoms with E-state index in [4.69, 9.17) is 13.7 Å². The van der Waals surface area contributed by atoms with E-state index in [-0.39, 0.29) is 28.0 Å². The summed E-state index contributed by atoms with van der Waals surface area (Å²) in [7, 11) is -4.04. The van der Waals surface area contributed by atoms with Crippen molar-refractivity contribution in [3.8, 4) is 11.5 Å². The van der Waals surface area contributed by atoms with Crippen molar-refractivity contribution in [2.45, 2.75) is 18.7 Å². The molecule has 0 saturated heterocycles. The van der Waals surface area contributed by atoms with Gasteiger partial charge in [0, 0.05) is 5.56 Å². The molecule has 4 rings (SSSR count). The maximum atomic E-state index is 12.7. The molecule has 1 aliphatic heterocycles. The van der Waals surface area contributed by atoms with E-state index in [1.807, 2.05) is 25.1 Å². The molecule has 3 aromatic carbocycles. The SMILES string of the molecule is CCOc1cc(C=C2N=C(c3ccccc3)OC2=O)ccc1OS(=O)(=O)c1ccc(C)cc1. The molecule has 0 aromatic heterocycles. The third-order valence-electron chi connectivity index (χ3n) is 4.72. The van der Waals surface area contributed by atoms with Gasteiger partial charge in [0.1, 0.15) is 4.90 Å². The topological polar surface area (TPSA) is 91.3 Å². The van der Waals surface area contributed by atoms with Crippen LogP contribution in [0.25, 0.3) is 6.08 Å². The average molecular weight is 464 g/mol. The number of benzene rings is 3. The molecule has 0 fully saturated rings. The van der Waals surface area contributed by atoms with Gasteiger partial charge in [-0.15, -0.1) is 0 Å². The molecule has 7 nitrogen and oxygen atoms in total. The summed E-state index contributed by atoms with van der Waals surface area (Å²) in [6, 6.07) is 20.1. The fourth-order valence-corrected chi connectivity index (χ4v) is 4.03. The molecule has 1 heterocycles. The molecular formula is C25H21NO6S. The molecular weight excluding hydrogens is 442 g/mol. The Kier molecular flexibility index (Phi) is 6.28. The highest BCUT2D eigenvalue weighted by Crippen LogP contribution is 2.32. The van der Waals surface area contributed by atoms with Gasteiger partial charge in [0.05, 0.1) is 6.61 Å². The predicted octanol–water partition coefficient (Wildman–Crippen LogP) is 4.51. The molecule has 0 saturated carbocycles. The van der Waals surface area contributed by atoms with Crippen molar-refractivity contribution in [1.82, 2.24) is 0 Å². The van der Waals surface area contributed by atoms with Crippen LogP contribution < -0.4 is 8.92 Å². The van der Waals surface area contributed by atoms with Crippen molar-refractivity contribution in [3.05, 3.63) is 95.2 Å². The van der Waals surface area contributed by atoms with E-state index in [2.05, 4.69) is 4.99 Å².